The van der Waals surface area contributed by atoms with E-state index < -0.39 is 5.91 Å². The Balaban J connectivity index is 2.14. The Labute approximate surface area is 101 Å². The van der Waals surface area contributed by atoms with Crippen molar-refractivity contribution in [3.63, 3.8) is 0 Å². The van der Waals surface area contributed by atoms with E-state index in [2.05, 4.69) is 20.5 Å². The molecule has 0 unspecified atom stereocenters. The van der Waals surface area contributed by atoms with Crippen molar-refractivity contribution in [1.29, 1.82) is 0 Å². The summed E-state index contributed by atoms with van der Waals surface area (Å²) in [6.45, 7) is 3.38. The van der Waals surface area contributed by atoms with E-state index in [1.807, 2.05) is 0 Å². The summed E-state index contributed by atoms with van der Waals surface area (Å²) in [5.41, 5.74) is 0.538. The van der Waals surface area contributed by atoms with Crippen molar-refractivity contribution in [2.45, 2.75) is 13.8 Å². The minimum Gasteiger partial charge on any atom is -0.472 e. The maximum atomic E-state index is 11.8. The van der Waals surface area contributed by atoms with E-state index in [0.717, 1.165) is 11.3 Å². The number of anilines is 1. The average Bonchev–Trinajstić information content (AvgIpc) is 2.85. The second-order valence-corrected chi connectivity index (χ2v) is 4.12. The van der Waals surface area contributed by atoms with Crippen LogP contribution in [0, 0.1) is 13.8 Å². The number of aromatic nitrogens is 3. The van der Waals surface area contributed by atoms with Crippen LogP contribution in [0.3, 0.4) is 0 Å². The van der Waals surface area contributed by atoms with Crippen molar-refractivity contribution in [2.75, 3.05) is 12.4 Å². The number of amides is 1. The predicted molar refractivity (Wildman–Crippen MR) is 60.4 cm³/mol. The minimum absolute atomic E-state index is 0.177. The van der Waals surface area contributed by atoms with Gasteiger partial charge >= 0.3 is 0 Å². The van der Waals surface area contributed by atoms with Gasteiger partial charge < -0.3 is 9.15 Å². The third-order valence-corrected chi connectivity index (χ3v) is 2.71. The van der Waals surface area contributed by atoms with Crippen molar-refractivity contribution in [2.24, 2.45) is 0 Å². The van der Waals surface area contributed by atoms with Crippen LogP contribution in [0.2, 0.25) is 0 Å². The number of hydrogen-bond donors (Lipinski definition) is 1. The molecule has 2 aromatic rings. The van der Waals surface area contributed by atoms with Crippen molar-refractivity contribution in [3.8, 4) is 5.19 Å². The molecule has 0 spiro atoms. The lowest BCUT2D eigenvalue weighted by molar-refractivity contribution is 0.0994. The lowest BCUT2D eigenvalue weighted by Crippen LogP contribution is -2.12. The molecule has 2 rings (SSSR count). The van der Waals surface area contributed by atoms with Crippen LogP contribution >= 0.6 is 11.3 Å². The van der Waals surface area contributed by atoms with Gasteiger partial charge in [-0.05, 0) is 18.3 Å². The molecule has 0 bridgehead atoms. The SMILES string of the molecule is COc1nnc(NC(=O)c2oc(C)nc2C)s1. The van der Waals surface area contributed by atoms with E-state index >= 15 is 0 Å². The summed E-state index contributed by atoms with van der Waals surface area (Å²) in [5.74, 6) is 0.223. The third-order valence-electron chi connectivity index (χ3n) is 1.91. The van der Waals surface area contributed by atoms with Crippen LogP contribution in [0.5, 0.6) is 5.19 Å². The number of oxazole rings is 1. The number of carbonyl (C=O) groups is 1. The highest BCUT2D eigenvalue weighted by atomic mass is 32.1. The molecule has 2 aromatic heterocycles. The van der Waals surface area contributed by atoms with Crippen LogP contribution in [-0.2, 0) is 0 Å². The molecule has 0 fully saturated rings. The van der Waals surface area contributed by atoms with Crippen molar-refractivity contribution < 1.29 is 13.9 Å². The highest BCUT2D eigenvalue weighted by Crippen LogP contribution is 2.22. The van der Waals surface area contributed by atoms with Gasteiger partial charge in [0.1, 0.15) is 0 Å². The summed E-state index contributed by atoms with van der Waals surface area (Å²) < 4.78 is 10.1. The predicted octanol–water partition coefficient (Wildman–Crippen LogP) is 1.40. The Morgan fingerprint density at radius 3 is 2.71 bits per heavy atom. The van der Waals surface area contributed by atoms with Crippen molar-refractivity contribution >= 4 is 22.4 Å². The summed E-state index contributed by atoms with van der Waals surface area (Å²) in [5, 5.41) is 10.7. The molecule has 0 atom stereocenters. The Morgan fingerprint density at radius 1 is 1.41 bits per heavy atom. The maximum absolute atomic E-state index is 11.8. The maximum Gasteiger partial charge on any atom is 0.295 e. The first-order valence-corrected chi connectivity index (χ1v) is 5.54. The largest absolute Gasteiger partial charge is 0.472 e. The van der Waals surface area contributed by atoms with Gasteiger partial charge in [-0.2, -0.15) is 0 Å². The fourth-order valence-corrected chi connectivity index (χ4v) is 1.79. The zero-order valence-electron chi connectivity index (χ0n) is 9.47. The number of carbonyl (C=O) groups excluding carboxylic acids is 1. The highest BCUT2D eigenvalue weighted by Gasteiger charge is 2.17. The zero-order valence-corrected chi connectivity index (χ0v) is 10.3. The van der Waals surface area contributed by atoms with Crippen LogP contribution in [-0.4, -0.2) is 28.2 Å². The quantitative estimate of drug-likeness (QED) is 0.890. The average molecular weight is 254 g/mol. The Hall–Kier alpha value is -1.96. The molecule has 0 aliphatic carbocycles. The summed E-state index contributed by atoms with van der Waals surface area (Å²) in [4.78, 5) is 15.8. The molecule has 0 saturated heterocycles. The van der Waals surface area contributed by atoms with Gasteiger partial charge in [0.25, 0.3) is 11.1 Å². The number of hydrogen-bond acceptors (Lipinski definition) is 7. The molecule has 7 nitrogen and oxygen atoms in total. The Kier molecular flexibility index (Phi) is 3.05. The Bertz CT molecular complexity index is 548. The molecule has 0 radical (unpaired) electrons. The van der Waals surface area contributed by atoms with Gasteiger partial charge in [0.15, 0.2) is 5.89 Å². The fraction of sp³-hybridized carbons (Fsp3) is 0.333. The molecule has 8 heteroatoms. The van der Waals surface area contributed by atoms with Gasteiger partial charge in [-0.25, -0.2) is 4.98 Å². The van der Waals surface area contributed by atoms with Crippen molar-refractivity contribution in [3.05, 3.63) is 17.3 Å². The fourth-order valence-electron chi connectivity index (χ4n) is 1.24. The van der Waals surface area contributed by atoms with Gasteiger partial charge in [0, 0.05) is 6.92 Å². The van der Waals surface area contributed by atoms with E-state index in [-0.39, 0.29) is 5.76 Å². The first-order valence-electron chi connectivity index (χ1n) is 4.73. The standard InChI is InChI=1S/C9H10N4O3S/c1-4-6(16-5(2)10-4)7(14)11-8-12-13-9(15-3)17-8/h1-3H3,(H,11,12,14). The molecule has 0 saturated carbocycles. The number of nitrogens with one attached hydrogen (secondary N) is 1. The van der Waals surface area contributed by atoms with E-state index in [9.17, 15) is 4.79 Å². The molecular weight excluding hydrogens is 244 g/mol. The van der Waals surface area contributed by atoms with Crippen LogP contribution < -0.4 is 10.1 Å². The second-order valence-electron chi connectivity index (χ2n) is 3.18. The molecule has 90 valence electrons. The molecule has 2 heterocycles. The first-order chi connectivity index (χ1) is 8.10. The number of aryl methyl sites for hydroxylation is 2. The molecule has 0 aliphatic heterocycles. The Morgan fingerprint density at radius 2 is 2.18 bits per heavy atom. The van der Waals surface area contributed by atoms with E-state index in [4.69, 9.17) is 9.15 Å². The van der Waals surface area contributed by atoms with Crippen molar-refractivity contribution in [1.82, 2.24) is 15.2 Å². The topological polar surface area (TPSA) is 90.1 Å². The lowest BCUT2D eigenvalue weighted by atomic mass is 10.3. The molecule has 0 aliphatic rings. The molecule has 0 aromatic carbocycles. The number of methoxy groups -OCH3 is 1. The third kappa shape index (κ3) is 2.41. The molecule has 1 amide bonds. The monoisotopic (exact) mass is 254 g/mol. The van der Waals surface area contributed by atoms with Crippen LogP contribution in [0.1, 0.15) is 22.1 Å². The summed E-state index contributed by atoms with van der Waals surface area (Å²) in [6, 6.07) is 0. The minimum atomic E-state index is -0.401. The van der Waals surface area contributed by atoms with Gasteiger partial charge in [-0.3, -0.25) is 10.1 Å². The van der Waals surface area contributed by atoms with Gasteiger partial charge in [0.05, 0.1) is 12.8 Å². The summed E-state index contributed by atoms with van der Waals surface area (Å²) in [7, 11) is 1.48. The molecular formula is C9H10N4O3S. The van der Waals surface area contributed by atoms with Crippen LogP contribution in [0.4, 0.5) is 5.13 Å². The van der Waals surface area contributed by atoms with Gasteiger partial charge in [0.2, 0.25) is 10.9 Å². The smallest absolute Gasteiger partial charge is 0.295 e. The lowest BCUT2D eigenvalue weighted by Gasteiger charge is -1.96. The van der Waals surface area contributed by atoms with E-state index in [0.29, 0.717) is 21.9 Å². The van der Waals surface area contributed by atoms with Crippen LogP contribution in [0.25, 0.3) is 0 Å². The van der Waals surface area contributed by atoms with E-state index in [1.54, 1.807) is 13.8 Å². The number of nitrogens with zero attached hydrogens (tertiary/aromatic N) is 3. The summed E-state index contributed by atoms with van der Waals surface area (Å²) in [6.07, 6.45) is 0. The number of ether oxygens (including phenoxy) is 1. The van der Waals surface area contributed by atoms with Gasteiger partial charge in [-0.1, -0.05) is 5.10 Å². The van der Waals surface area contributed by atoms with E-state index in [1.165, 1.54) is 7.11 Å². The number of rotatable bonds is 3. The second kappa shape index (κ2) is 4.50. The van der Waals surface area contributed by atoms with Crippen LogP contribution in [0.15, 0.2) is 4.42 Å². The summed E-state index contributed by atoms with van der Waals surface area (Å²) >= 11 is 1.13. The highest BCUT2D eigenvalue weighted by molar-refractivity contribution is 7.17. The first kappa shape index (κ1) is 11.5. The zero-order chi connectivity index (χ0) is 12.4. The molecule has 1 N–H and O–H groups in total. The normalized spacial score (nSPS) is 10.3. The molecule has 17 heavy (non-hydrogen) atoms. The van der Waals surface area contributed by atoms with Gasteiger partial charge in [-0.15, -0.1) is 5.10 Å².